The second kappa shape index (κ2) is 5.35. The van der Waals surface area contributed by atoms with Gasteiger partial charge in [0.2, 0.25) is 5.91 Å². The molecule has 1 fully saturated rings. The van der Waals surface area contributed by atoms with Crippen molar-refractivity contribution in [3.8, 4) is 0 Å². The minimum atomic E-state index is -3.39. The Balaban J connectivity index is 2.87. The summed E-state index contributed by atoms with van der Waals surface area (Å²) in [6.07, 6.45) is 1.87. The van der Waals surface area contributed by atoms with Crippen LogP contribution in [-0.2, 0) is 14.6 Å². The Labute approximate surface area is 103 Å². The smallest absolute Gasteiger partial charge is 0.241 e. The van der Waals surface area contributed by atoms with E-state index in [9.17, 15) is 13.2 Å². The zero-order chi connectivity index (χ0) is 13.1. The number of nitrogens with one attached hydrogen (secondary N) is 2. The van der Waals surface area contributed by atoms with Crippen molar-refractivity contribution in [3.05, 3.63) is 0 Å². The van der Waals surface area contributed by atoms with E-state index in [4.69, 9.17) is 0 Å². The molecule has 1 amide bonds. The highest BCUT2D eigenvalue weighted by Gasteiger charge is 2.48. The first-order chi connectivity index (χ1) is 7.79. The Morgan fingerprint density at radius 1 is 1.35 bits per heavy atom. The van der Waals surface area contributed by atoms with Crippen LogP contribution in [0.4, 0.5) is 0 Å². The van der Waals surface area contributed by atoms with Crippen molar-refractivity contribution in [2.45, 2.75) is 31.4 Å². The molecule has 0 unspecified atom stereocenters. The van der Waals surface area contributed by atoms with Crippen LogP contribution < -0.4 is 10.6 Å². The molecule has 17 heavy (non-hydrogen) atoms. The number of hydrogen-bond acceptors (Lipinski definition) is 4. The van der Waals surface area contributed by atoms with Crippen molar-refractivity contribution in [1.29, 1.82) is 0 Å². The number of carbonyl (C=O) groups is 1. The zero-order valence-corrected chi connectivity index (χ0v) is 11.6. The van der Waals surface area contributed by atoms with Gasteiger partial charge in [-0.05, 0) is 31.8 Å². The molecule has 2 N–H and O–H groups in total. The first kappa shape index (κ1) is 14.4. The molecule has 6 heteroatoms. The molecule has 1 heterocycles. The van der Waals surface area contributed by atoms with Gasteiger partial charge >= 0.3 is 0 Å². The molecule has 0 bridgehead atoms. The van der Waals surface area contributed by atoms with E-state index < -0.39 is 14.6 Å². The standard InChI is InChI=1S/C11H22N2O3S/c1-9(2)8-13-10(14)11(17(3,15)16)4-6-12-7-5-11/h9,12H,4-8H2,1-3H3,(H,13,14). The van der Waals surface area contributed by atoms with Gasteiger partial charge in [0.05, 0.1) is 0 Å². The number of hydrogen-bond donors (Lipinski definition) is 2. The summed E-state index contributed by atoms with van der Waals surface area (Å²) in [6.45, 7) is 5.62. The van der Waals surface area contributed by atoms with Crippen LogP contribution in [0, 0.1) is 5.92 Å². The molecule has 0 spiro atoms. The van der Waals surface area contributed by atoms with Crippen LogP contribution in [0.1, 0.15) is 26.7 Å². The number of rotatable bonds is 4. The van der Waals surface area contributed by atoms with Crippen LogP contribution >= 0.6 is 0 Å². The summed E-state index contributed by atoms with van der Waals surface area (Å²) in [6, 6.07) is 0. The highest BCUT2D eigenvalue weighted by Crippen LogP contribution is 2.27. The molecule has 1 rings (SSSR count). The Hall–Kier alpha value is -0.620. The van der Waals surface area contributed by atoms with Gasteiger partial charge in [-0.25, -0.2) is 8.42 Å². The molecule has 1 aliphatic rings. The topological polar surface area (TPSA) is 75.3 Å². The first-order valence-corrected chi connectivity index (χ1v) is 7.87. The lowest BCUT2D eigenvalue weighted by atomic mass is 9.95. The first-order valence-electron chi connectivity index (χ1n) is 5.98. The van der Waals surface area contributed by atoms with Crippen molar-refractivity contribution >= 4 is 15.7 Å². The zero-order valence-electron chi connectivity index (χ0n) is 10.7. The van der Waals surface area contributed by atoms with Crippen LogP contribution in [0.15, 0.2) is 0 Å². The Morgan fingerprint density at radius 3 is 2.29 bits per heavy atom. The number of carbonyl (C=O) groups excluding carboxylic acids is 1. The van der Waals surface area contributed by atoms with E-state index in [-0.39, 0.29) is 5.91 Å². The predicted octanol–water partition coefficient (Wildman–Crippen LogP) is -0.0746. The third-order valence-electron chi connectivity index (χ3n) is 3.21. The maximum atomic E-state index is 12.2. The fourth-order valence-electron chi connectivity index (χ4n) is 2.05. The molecule has 0 saturated carbocycles. The molecule has 0 aromatic heterocycles. The second-order valence-electron chi connectivity index (χ2n) is 5.12. The second-order valence-corrected chi connectivity index (χ2v) is 7.45. The van der Waals surface area contributed by atoms with E-state index in [1.54, 1.807) is 0 Å². The molecule has 1 saturated heterocycles. The Morgan fingerprint density at radius 2 is 1.88 bits per heavy atom. The van der Waals surface area contributed by atoms with E-state index >= 15 is 0 Å². The molecule has 0 aromatic rings. The van der Waals surface area contributed by atoms with Crippen LogP contribution in [0.2, 0.25) is 0 Å². The maximum absolute atomic E-state index is 12.2. The highest BCUT2D eigenvalue weighted by atomic mass is 32.2. The van der Waals surface area contributed by atoms with Gasteiger partial charge < -0.3 is 10.6 Å². The van der Waals surface area contributed by atoms with Crippen LogP contribution in [0.5, 0.6) is 0 Å². The van der Waals surface area contributed by atoms with Crippen molar-refractivity contribution in [1.82, 2.24) is 10.6 Å². The quantitative estimate of drug-likeness (QED) is 0.743. The van der Waals surface area contributed by atoms with E-state index in [1.807, 2.05) is 13.8 Å². The minimum absolute atomic E-state index is 0.317. The van der Waals surface area contributed by atoms with Crippen molar-refractivity contribution in [2.75, 3.05) is 25.9 Å². The average Bonchev–Trinajstić information content (AvgIpc) is 2.25. The fourth-order valence-corrected chi connectivity index (χ4v) is 3.41. The molecular weight excluding hydrogens is 240 g/mol. The fraction of sp³-hybridized carbons (Fsp3) is 0.909. The van der Waals surface area contributed by atoms with E-state index in [2.05, 4.69) is 10.6 Å². The summed E-state index contributed by atoms with van der Waals surface area (Å²) >= 11 is 0. The SMILES string of the molecule is CC(C)CNC(=O)C1(S(C)(=O)=O)CCNCC1. The molecule has 0 aliphatic carbocycles. The van der Waals surface area contributed by atoms with Gasteiger partial charge in [0.15, 0.2) is 14.6 Å². The molecule has 1 aliphatic heterocycles. The summed E-state index contributed by atoms with van der Waals surface area (Å²) in [4.78, 5) is 12.2. The molecule has 0 aromatic carbocycles. The van der Waals surface area contributed by atoms with Gasteiger partial charge in [0.25, 0.3) is 0 Å². The molecular formula is C11H22N2O3S. The van der Waals surface area contributed by atoms with Crippen molar-refractivity contribution < 1.29 is 13.2 Å². The summed E-state index contributed by atoms with van der Waals surface area (Å²) in [5.74, 6) is -0.0209. The predicted molar refractivity (Wildman–Crippen MR) is 67.5 cm³/mol. The number of sulfone groups is 1. The normalized spacial score (nSPS) is 20.2. The summed E-state index contributed by atoms with van der Waals surface area (Å²) in [5, 5.41) is 5.84. The third kappa shape index (κ3) is 3.19. The van der Waals surface area contributed by atoms with Crippen molar-refractivity contribution in [3.63, 3.8) is 0 Å². The van der Waals surface area contributed by atoms with Crippen LogP contribution in [-0.4, -0.2) is 45.0 Å². The average molecular weight is 262 g/mol. The maximum Gasteiger partial charge on any atom is 0.241 e. The molecule has 100 valence electrons. The van der Waals surface area contributed by atoms with E-state index in [1.165, 1.54) is 0 Å². The molecule has 5 nitrogen and oxygen atoms in total. The van der Waals surface area contributed by atoms with Gasteiger partial charge in [-0.2, -0.15) is 0 Å². The largest absolute Gasteiger partial charge is 0.354 e. The van der Waals surface area contributed by atoms with Gasteiger partial charge in [-0.1, -0.05) is 13.8 Å². The lowest BCUT2D eigenvalue weighted by molar-refractivity contribution is -0.124. The van der Waals surface area contributed by atoms with Gasteiger partial charge in [0.1, 0.15) is 0 Å². The lowest BCUT2D eigenvalue weighted by Gasteiger charge is -2.34. The highest BCUT2D eigenvalue weighted by molar-refractivity contribution is 7.92. The number of amides is 1. The van der Waals surface area contributed by atoms with Gasteiger partial charge in [-0.15, -0.1) is 0 Å². The summed E-state index contributed by atoms with van der Waals surface area (Å²) < 4.78 is 22.6. The summed E-state index contributed by atoms with van der Waals surface area (Å²) in [5.41, 5.74) is 0. The number of piperidine rings is 1. The third-order valence-corrected chi connectivity index (χ3v) is 5.22. The Bertz CT molecular complexity index is 370. The molecule has 0 radical (unpaired) electrons. The van der Waals surface area contributed by atoms with Crippen LogP contribution in [0.25, 0.3) is 0 Å². The summed E-state index contributed by atoms with van der Waals surface area (Å²) in [7, 11) is -3.39. The van der Waals surface area contributed by atoms with Gasteiger partial charge in [-0.3, -0.25) is 4.79 Å². The van der Waals surface area contributed by atoms with Crippen LogP contribution in [0.3, 0.4) is 0 Å². The van der Waals surface area contributed by atoms with E-state index in [0.29, 0.717) is 38.4 Å². The van der Waals surface area contributed by atoms with E-state index in [0.717, 1.165) is 6.26 Å². The minimum Gasteiger partial charge on any atom is -0.354 e. The monoisotopic (exact) mass is 262 g/mol. The van der Waals surface area contributed by atoms with Gasteiger partial charge in [0, 0.05) is 12.8 Å². The van der Waals surface area contributed by atoms with Crippen molar-refractivity contribution in [2.24, 2.45) is 5.92 Å². The Kier molecular flexibility index (Phi) is 4.55. The molecule has 0 atom stereocenters. The lowest BCUT2D eigenvalue weighted by Crippen LogP contribution is -2.57.